The van der Waals surface area contributed by atoms with Crippen molar-refractivity contribution in [3.8, 4) is 17.2 Å². The van der Waals surface area contributed by atoms with E-state index >= 15 is 4.39 Å². The molecule has 2 aromatic heterocycles. The number of hydrogen-bond acceptors (Lipinski definition) is 8. The number of rotatable bonds is 8. The molecule has 1 unspecified atom stereocenters. The maximum atomic E-state index is 15.5. The molecule has 0 radical (unpaired) electrons. The number of ether oxygens (including phenoxy) is 2. The smallest absolute Gasteiger partial charge is 0.348 e. The van der Waals surface area contributed by atoms with Crippen molar-refractivity contribution < 1.29 is 13.9 Å². The zero-order valence-corrected chi connectivity index (χ0v) is 18.9. The van der Waals surface area contributed by atoms with Gasteiger partial charge in [0.05, 0.1) is 14.2 Å². The summed E-state index contributed by atoms with van der Waals surface area (Å²) in [4.78, 5) is 19.4. The summed E-state index contributed by atoms with van der Waals surface area (Å²) in [6.45, 7) is 0. The molecule has 0 bridgehead atoms. The Bertz CT molecular complexity index is 1430. The van der Waals surface area contributed by atoms with Gasteiger partial charge in [0.15, 0.2) is 17.4 Å². The highest BCUT2D eigenvalue weighted by molar-refractivity contribution is 5.95. The van der Waals surface area contributed by atoms with Crippen LogP contribution < -0.4 is 31.9 Å². The van der Waals surface area contributed by atoms with E-state index in [1.54, 1.807) is 36.4 Å². The molecular formula is C23H23FN8O3. The second kappa shape index (κ2) is 9.55. The van der Waals surface area contributed by atoms with E-state index in [-0.39, 0.29) is 34.5 Å². The van der Waals surface area contributed by atoms with Gasteiger partial charge in [-0.25, -0.2) is 14.2 Å². The average Bonchev–Trinajstić information content (AvgIpc) is 3.24. The van der Waals surface area contributed by atoms with Crippen molar-refractivity contribution in [2.75, 3.05) is 25.3 Å². The minimum absolute atomic E-state index is 0.0450. The third-order valence-corrected chi connectivity index (χ3v) is 5.27. The predicted octanol–water partition coefficient (Wildman–Crippen LogP) is 2.18. The number of anilines is 2. The van der Waals surface area contributed by atoms with Gasteiger partial charge in [-0.1, -0.05) is 0 Å². The van der Waals surface area contributed by atoms with Crippen LogP contribution in [0.25, 0.3) is 5.69 Å². The zero-order chi connectivity index (χ0) is 25.1. The number of nitrogens with two attached hydrogens (primary N) is 2. The van der Waals surface area contributed by atoms with Gasteiger partial charge in [-0.15, -0.1) is 5.10 Å². The molecule has 0 saturated heterocycles. The lowest BCUT2D eigenvalue weighted by atomic mass is 10.0. The van der Waals surface area contributed by atoms with Crippen LogP contribution in [-0.2, 0) is 0 Å². The first-order valence-electron chi connectivity index (χ1n) is 10.3. The number of aromatic amines is 1. The minimum Gasteiger partial charge on any atom is -0.497 e. The molecule has 0 aliphatic rings. The second-order valence-electron chi connectivity index (χ2n) is 7.44. The Morgan fingerprint density at radius 3 is 2.57 bits per heavy atom. The van der Waals surface area contributed by atoms with Crippen molar-refractivity contribution in [1.29, 1.82) is 5.41 Å². The third-order valence-electron chi connectivity index (χ3n) is 5.27. The Hall–Kier alpha value is -4.87. The molecule has 1 atom stereocenters. The van der Waals surface area contributed by atoms with Gasteiger partial charge in [-0.3, -0.25) is 10.4 Å². The van der Waals surface area contributed by atoms with Crippen LogP contribution in [0.3, 0.4) is 0 Å². The molecule has 12 heteroatoms. The lowest BCUT2D eigenvalue weighted by Crippen LogP contribution is -2.18. The summed E-state index contributed by atoms with van der Waals surface area (Å²) in [7, 11) is 2.79. The van der Waals surface area contributed by atoms with Crippen LogP contribution in [0.1, 0.15) is 23.0 Å². The first-order valence-corrected chi connectivity index (χ1v) is 10.3. The van der Waals surface area contributed by atoms with E-state index in [9.17, 15) is 4.79 Å². The summed E-state index contributed by atoms with van der Waals surface area (Å²) in [6, 6.07) is 11.8. The molecular weight excluding hydrogens is 455 g/mol. The zero-order valence-electron chi connectivity index (χ0n) is 18.9. The van der Waals surface area contributed by atoms with Crippen molar-refractivity contribution in [3.63, 3.8) is 0 Å². The van der Waals surface area contributed by atoms with E-state index < -0.39 is 17.5 Å². The fourth-order valence-corrected chi connectivity index (χ4v) is 3.50. The number of pyridine rings is 1. The van der Waals surface area contributed by atoms with Gasteiger partial charge in [0, 0.05) is 29.1 Å². The van der Waals surface area contributed by atoms with Gasteiger partial charge in [0.25, 0.3) is 0 Å². The first kappa shape index (κ1) is 23.3. The van der Waals surface area contributed by atoms with Crippen molar-refractivity contribution in [1.82, 2.24) is 19.7 Å². The average molecular weight is 478 g/mol. The van der Waals surface area contributed by atoms with Gasteiger partial charge >= 0.3 is 5.69 Å². The Balaban J connectivity index is 1.86. The molecule has 0 fully saturated rings. The molecule has 4 rings (SSSR count). The van der Waals surface area contributed by atoms with E-state index in [4.69, 9.17) is 26.4 Å². The molecule has 180 valence electrons. The summed E-state index contributed by atoms with van der Waals surface area (Å²) < 4.78 is 27.0. The Morgan fingerprint density at radius 1 is 1.20 bits per heavy atom. The fraction of sp³-hybridized carbons (Fsp3) is 0.130. The van der Waals surface area contributed by atoms with E-state index in [0.717, 1.165) is 4.68 Å². The number of H-pyrrole nitrogens is 1. The van der Waals surface area contributed by atoms with E-state index in [1.807, 2.05) is 0 Å². The molecule has 0 amide bonds. The van der Waals surface area contributed by atoms with E-state index in [2.05, 4.69) is 20.4 Å². The van der Waals surface area contributed by atoms with Crippen LogP contribution >= 0.6 is 0 Å². The highest BCUT2D eigenvalue weighted by atomic mass is 19.1. The third kappa shape index (κ3) is 4.62. The Kier molecular flexibility index (Phi) is 6.36. The molecule has 35 heavy (non-hydrogen) atoms. The van der Waals surface area contributed by atoms with E-state index in [0.29, 0.717) is 17.0 Å². The van der Waals surface area contributed by atoms with Gasteiger partial charge in [0.2, 0.25) is 0 Å². The summed E-state index contributed by atoms with van der Waals surface area (Å²) in [5.41, 5.74) is 12.3. The quantitative estimate of drug-likeness (QED) is 0.189. The number of benzene rings is 2. The lowest BCUT2D eigenvalue weighted by molar-refractivity contribution is 0.370. The molecule has 0 saturated carbocycles. The highest BCUT2D eigenvalue weighted by Crippen LogP contribution is 2.34. The number of hydrogen-bond donors (Lipinski definition) is 5. The second-order valence-corrected chi connectivity index (χ2v) is 7.44. The summed E-state index contributed by atoms with van der Waals surface area (Å²) in [5, 5.41) is 15.1. The summed E-state index contributed by atoms with van der Waals surface area (Å²) in [5.74, 6) is -0.253. The molecule has 11 nitrogen and oxygen atoms in total. The number of nitrogens with one attached hydrogen (secondary N) is 3. The number of amidine groups is 1. The van der Waals surface area contributed by atoms with Gasteiger partial charge < -0.3 is 26.3 Å². The van der Waals surface area contributed by atoms with Crippen molar-refractivity contribution in [2.45, 2.75) is 6.04 Å². The number of nitrogen functional groups attached to an aromatic ring is 2. The Labute approximate surface area is 199 Å². The van der Waals surface area contributed by atoms with Crippen molar-refractivity contribution in [2.24, 2.45) is 5.73 Å². The standard InChI is InChI=1S/C23H23FN8O3/c1-34-14-10-15(18(24)17(11-14)35-2)19(29-13-7-5-12(6-8-13)20(25)26)22-30-23(33)32(31-22)16-4-3-9-28-21(16)27/h3-11,19,29H,1-2H3,(H3,25,26)(H2,27,28)(H,30,31,33). The van der Waals surface area contributed by atoms with E-state index in [1.165, 1.54) is 32.5 Å². The van der Waals surface area contributed by atoms with Gasteiger partial charge in [-0.05, 0) is 42.5 Å². The van der Waals surface area contributed by atoms with Crippen LogP contribution in [0.15, 0.2) is 59.5 Å². The first-order chi connectivity index (χ1) is 16.8. The largest absolute Gasteiger partial charge is 0.497 e. The van der Waals surface area contributed by atoms with Crippen LogP contribution in [0.5, 0.6) is 11.5 Å². The van der Waals surface area contributed by atoms with Crippen LogP contribution in [-0.4, -0.2) is 39.8 Å². The normalized spacial score (nSPS) is 11.6. The monoisotopic (exact) mass is 478 g/mol. The van der Waals surface area contributed by atoms with Crippen molar-refractivity contribution in [3.05, 3.63) is 88.0 Å². The lowest BCUT2D eigenvalue weighted by Gasteiger charge is -2.21. The maximum Gasteiger partial charge on any atom is 0.348 e. The highest BCUT2D eigenvalue weighted by Gasteiger charge is 2.26. The summed E-state index contributed by atoms with van der Waals surface area (Å²) in [6.07, 6.45) is 1.49. The number of aromatic nitrogens is 4. The predicted molar refractivity (Wildman–Crippen MR) is 129 cm³/mol. The molecule has 7 N–H and O–H groups in total. The molecule has 0 aliphatic heterocycles. The Morgan fingerprint density at radius 2 is 1.94 bits per heavy atom. The fourth-order valence-electron chi connectivity index (χ4n) is 3.50. The number of methoxy groups -OCH3 is 2. The molecule has 2 heterocycles. The van der Waals surface area contributed by atoms with Crippen molar-refractivity contribution >= 4 is 17.3 Å². The number of nitrogens with zero attached hydrogens (tertiary/aromatic N) is 3. The van der Waals surface area contributed by atoms with Gasteiger partial charge in [-0.2, -0.15) is 4.68 Å². The van der Waals surface area contributed by atoms with Crippen LogP contribution in [0, 0.1) is 11.2 Å². The molecule has 0 spiro atoms. The van der Waals surface area contributed by atoms with Crippen LogP contribution in [0.2, 0.25) is 0 Å². The number of halogens is 1. The minimum atomic E-state index is -0.978. The molecule has 4 aromatic rings. The van der Waals surface area contributed by atoms with Crippen LogP contribution in [0.4, 0.5) is 15.9 Å². The maximum absolute atomic E-state index is 15.5. The topological polar surface area (TPSA) is 170 Å². The van der Waals surface area contributed by atoms with Gasteiger partial charge in [0.1, 0.15) is 29.1 Å². The molecule has 2 aromatic carbocycles. The molecule has 0 aliphatic carbocycles. The summed E-state index contributed by atoms with van der Waals surface area (Å²) >= 11 is 0. The SMILES string of the molecule is COc1cc(OC)c(F)c(C(Nc2ccc(C(=N)N)cc2)c2nn(-c3cccnc3N)c(=O)[nH]2)c1.